The van der Waals surface area contributed by atoms with Crippen LogP contribution in [0.25, 0.3) is 0 Å². The van der Waals surface area contributed by atoms with E-state index in [1.807, 2.05) is 6.07 Å². The molecule has 2 nitrogen and oxygen atoms in total. The Hall–Kier alpha value is -1.38. The lowest BCUT2D eigenvalue weighted by molar-refractivity contribution is -0.143. The molecule has 16 heavy (non-hydrogen) atoms. The van der Waals surface area contributed by atoms with Crippen molar-refractivity contribution in [2.45, 2.75) is 31.1 Å². The largest absolute Gasteiger partial charge is 0.481 e. The molecule has 1 atom stereocenters. The molecule has 0 saturated heterocycles. The summed E-state index contributed by atoms with van der Waals surface area (Å²) >= 11 is 0. The van der Waals surface area contributed by atoms with Crippen LogP contribution in [0.15, 0.2) is 18.2 Å². The first-order chi connectivity index (χ1) is 7.65. The zero-order valence-electron chi connectivity index (χ0n) is 8.87. The first-order valence-corrected chi connectivity index (χ1v) is 5.66. The highest BCUT2D eigenvalue weighted by Crippen LogP contribution is 2.59. The Balaban J connectivity index is 2.15. The molecule has 0 radical (unpaired) electrons. The van der Waals surface area contributed by atoms with Crippen molar-refractivity contribution in [2.24, 2.45) is 5.92 Å². The minimum absolute atomic E-state index is 0.221. The second-order valence-corrected chi connectivity index (χ2v) is 4.86. The standard InChI is InChI=1S/C13H13FO2/c14-10-3-1-2-8-4-5-9(12(15)16)13(6-7-13)11(8)10/h1-3,9H,4-7H2,(H,15,16). The first-order valence-electron chi connectivity index (χ1n) is 5.66. The minimum Gasteiger partial charge on any atom is -0.481 e. The molecule has 0 bridgehead atoms. The summed E-state index contributed by atoms with van der Waals surface area (Å²) in [5, 5.41) is 9.21. The topological polar surface area (TPSA) is 37.3 Å². The Labute approximate surface area is 93.1 Å². The Morgan fingerprint density at radius 3 is 2.81 bits per heavy atom. The van der Waals surface area contributed by atoms with Gasteiger partial charge in [0, 0.05) is 5.41 Å². The van der Waals surface area contributed by atoms with E-state index in [4.69, 9.17) is 0 Å². The molecule has 0 aliphatic heterocycles. The molecule has 3 heteroatoms. The fraction of sp³-hybridized carbons (Fsp3) is 0.462. The van der Waals surface area contributed by atoms with Crippen LogP contribution in [0.3, 0.4) is 0 Å². The van der Waals surface area contributed by atoms with Crippen molar-refractivity contribution < 1.29 is 14.3 Å². The van der Waals surface area contributed by atoms with Crippen LogP contribution in [-0.2, 0) is 16.6 Å². The Morgan fingerprint density at radius 2 is 2.19 bits per heavy atom. The van der Waals surface area contributed by atoms with Gasteiger partial charge in [-0.2, -0.15) is 0 Å². The Bertz CT molecular complexity index is 463. The van der Waals surface area contributed by atoms with Gasteiger partial charge in [-0.15, -0.1) is 0 Å². The maximum Gasteiger partial charge on any atom is 0.307 e. The Morgan fingerprint density at radius 1 is 1.44 bits per heavy atom. The number of aliphatic carboxylic acids is 1. The van der Waals surface area contributed by atoms with Gasteiger partial charge in [-0.25, -0.2) is 4.39 Å². The number of halogens is 1. The van der Waals surface area contributed by atoms with Crippen molar-refractivity contribution in [3.63, 3.8) is 0 Å². The van der Waals surface area contributed by atoms with E-state index in [0.29, 0.717) is 18.4 Å². The lowest BCUT2D eigenvalue weighted by atomic mass is 9.72. The quantitative estimate of drug-likeness (QED) is 0.789. The minimum atomic E-state index is -0.772. The molecule has 2 aliphatic rings. The molecule has 1 aromatic carbocycles. The summed E-state index contributed by atoms with van der Waals surface area (Å²) in [5.41, 5.74) is 1.31. The molecule has 3 rings (SSSR count). The molecule has 1 saturated carbocycles. The number of hydrogen-bond acceptors (Lipinski definition) is 1. The average molecular weight is 220 g/mol. The maximum atomic E-state index is 13.9. The van der Waals surface area contributed by atoms with E-state index in [2.05, 4.69) is 0 Å². The van der Waals surface area contributed by atoms with Gasteiger partial charge in [0.25, 0.3) is 0 Å². The third-order valence-corrected chi connectivity index (χ3v) is 4.05. The van der Waals surface area contributed by atoms with E-state index in [-0.39, 0.29) is 11.2 Å². The van der Waals surface area contributed by atoms with Gasteiger partial charge in [0.15, 0.2) is 0 Å². The van der Waals surface area contributed by atoms with E-state index in [1.165, 1.54) is 6.07 Å². The number of benzene rings is 1. The molecular formula is C13H13FO2. The lowest BCUT2D eigenvalue weighted by Crippen LogP contribution is -2.34. The summed E-state index contributed by atoms with van der Waals surface area (Å²) in [6.45, 7) is 0. The highest BCUT2D eigenvalue weighted by atomic mass is 19.1. The van der Waals surface area contributed by atoms with Crippen LogP contribution in [0.1, 0.15) is 30.4 Å². The molecule has 0 amide bonds. The monoisotopic (exact) mass is 220 g/mol. The van der Waals surface area contributed by atoms with E-state index < -0.39 is 11.9 Å². The fourth-order valence-corrected chi connectivity index (χ4v) is 3.18. The molecule has 1 fully saturated rings. The summed E-state index contributed by atoms with van der Waals surface area (Å²) < 4.78 is 13.9. The smallest absolute Gasteiger partial charge is 0.307 e. The zero-order valence-corrected chi connectivity index (χ0v) is 8.87. The number of carbonyl (C=O) groups is 1. The molecule has 1 N–H and O–H groups in total. The first kappa shape index (κ1) is 9.82. The SMILES string of the molecule is O=C(O)C1CCc2cccc(F)c2C12CC2. The van der Waals surface area contributed by atoms with Gasteiger partial charge in [-0.1, -0.05) is 12.1 Å². The third kappa shape index (κ3) is 1.14. The number of hydrogen-bond donors (Lipinski definition) is 1. The van der Waals surface area contributed by atoms with Crippen molar-refractivity contribution in [2.75, 3.05) is 0 Å². The van der Waals surface area contributed by atoms with E-state index in [0.717, 1.165) is 18.4 Å². The normalized spacial score (nSPS) is 25.2. The van der Waals surface area contributed by atoms with Crippen LogP contribution in [-0.4, -0.2) is 11.1 Å². The van der Waals surface area contributed by atoms with Gasteiger partial charge < -0.3 is 5.11 Å². The van der Waals surface area contributed by atoms with Crippen LogP contribution >= 0.6 is 0 Å². The number of aryl methyl sites for hydroxylation is 1. The van der Waals surface area contributed by atoms with Crippen LogP contribution in [0, 0.1) is 11.7 Å². The summed E-state index contributed by atoms with van der Waals surface area (Å²) in [5.74, 6) is -1.38. The van der Waals surface area contributed by atoms with Gasteiger partial charge in [-0.05, 0) is 42.9 Å². The number of rotatable bonds is 1. The fourth-order valence-electron chi connectivity index (χ4n) is 3.18. The number of fused-ring (bicyclic) bond motifs is 2. The van der Waals surface area contributed by atoms with Crippen molar-refractivity contribution in [3.05, 3.63) is 35.1 Å². The van der Waals surface area contributed by atoms with Crippen LogP contribution in [0.5, 0.6) is 0 Å². The predicted octanol–water partition coefficient (Wildman–Crippen LogP) is 2.50. The molecule has 1 spiro atoms. The van der Waals surface area contributed by atoms with Crippen LogP contribution in [0.4, 0.5) is 4.39 Å². The van der Waals surface area contributed by atoms with Crippen LogP contribution in [0.2, 0.25) is 0 Å². The summed E-state index contributed by atoms with van der Waals surface area (Å²) in [4.78, 5) is 11.2. The second kappa shape index (κ2) is 3.06. The lowest BCUT2D eigenvalue weighted by Gasteiger charge is -2.31. The van der Waals surface area contributed by atoms with Crippen molar-refractivity contribution in [3.8, 4) is 0 Å². The van der Waals surface area contributed by atoms with Crippen molar-refractivity contribution >= 4 is 5.97 Å². The predicted molar refractivity (Wildman–Crippen MR) is 56.8 cm³/mol. The zero-order chi connectivity index (χ0) is 11.3. The number of carboxylic acids is 1. The van der Waals surface area contributed by atoms with Crippen LogP contribution < -0.4 is 0 Å². The maximum absolute atomic E-state index is 13.9. The Kier molecular flexibility index (Phi) is 1.88. The number of carboxylic acid groups (broad SMARTS) is 1. The highest BCUT2D eigenvalue weighted by molar-refractivity contribution is 5.74. The van der Waals surface area contributed by atoms with Gasteiger partial charge >= 0.3 is 5.97 Å². The summed E-state index contributed by atoms with van der Waals surface area (Å²) in [6, 6.07) is 5.09. The second-order valence-electron chi connectivity index (χ2n) is 4.86. The highest BCUT2D eigenvalue weighted by Gasteiger charge is 2.57. The van der Waals surface area contributed by atoms with E-state index >= 15 is 0 Å². The molecule has 0 aromatic heterocycles. The summed E-state index contributed by atoms with van der Waals surface area (Å²) in [7, 11) is 0. The molecule has 0 heterocycles. The van der Waals surface area contributed by atoms with Gasteiger partial charge in [0.2, 0.25) is 0 Å². The molecule has 2 aliphatic carbocycles. The van der Waals surface area contributed by atoms with Crippen molar-refractivity contribution in [1.29, 1.82) is 0 Å². The van der Waals surface area contributed by atoms with E-state index in [9.17, 15) is 14.3 Å². The van der Waals surface area contributed by atoms with Gasteiger partial charge in [-0.3, -0.25) is 4.79 Å². The molecule has 1 unspecified atom stereocenters. The average Bonchev–Trinajstić information content (AvgIpc) is 2.99. The summed E-state index contributed by atoms with van der Waals surface area (Å²) in [6.07, 6.45) is 2.97. The molecular weight excluding hydrogens is 207 g/mol. The third-order valence-electron chi connectivity index (χ3n) is 4.05. The van der Waals surface area contributed by atoms with E-state index in [1.54, 1.807) is 6.07 Å². The van der Waals surface area contributed by atoms with Gasteiger partial charge in [0.05, 0.1) is 5.92 Å². The molecule has 1 aromatic rings. The van der Waals surface area contributed by atoms with Crippen molar-refractivity contribution in [1.82, 2.24) is 0 Å². The van der Waals surface area contributed by atoms with Gasteiger partial charge in [0.1, 0.15) is 5.82 Å². The molecule has 84 valence electrons.